The Bertz CT molecular complexity index is 1510. The number of benzene rings is 4. The molecule has 6 rings (SSSR count). The molecular formula is C29H30B2O4. The van der Waals surface area contributed by atoms with Crippen molar-refractivity contribution >= 4 is 57.5 Å². The van der Waals surface area contributed by atoms with E-state index in [1.165, 1.54) is 26.9 Å². The molecule has 0 unspecified atom stereocenters. The Balaban J connectivity index is 1.39. The van der Waals surface area contributed by atoms with Gasteiger partial charge in [0.1, 0.15) is 5.60 Å². The summed E-state index contributed by atoms with van der Waals surface area (Å²) >= 11 is 0. The van der Waals surface area contributed by atoms with Crippen LogP contribution in [0.5, 0.6) is 0 Å². The van der Waals surface area contributed by atoms with Gasteiger partial charge in [-0.15, -0.1) is 0 Å². The summed E-state index contributed by atoms with van der Waals surface area (Å²) in [5.41, 5.74) is 0.843. The maximum Gasteiger partial charge on any atom is 0.563 e. The second kappa shape index (κ2) is 7.36. The van der Waals surface area contributed by atoms with E-state index in [-0.39, 0.29) is 18.3 Å². The summed E-state index contributed by atoms with van der Waals surface area (Å²) in [5, 5.41) is 7.21. The largest absolute Gasteiger partial charge is 0.563 e. The number of rotatable bonds is 2. The van der Waals surface area contributed by atoms with E-state index in [2.05, 4.69) is 94.9 Å². The number of fused-ring (bicyclic) bond motifs is 5. The summed E-state index contributed by atoms with van der Waals surface area (Å²) < 4.78 is 24.5. The summed E-state index contributed by atoms with van der Waals surface area (Å²) in [6, 6.07) is 21.7. The van der Waals surface area contributed by atoms with E-state index in [0.29, 0.717) is 5.76 Å². The molecule has 2 fully saturated rings. The van der Waals surface area contributed by atoms with Crippen LogP contribution in [-0.4, -0.2) is 31.0 Å². The van der Waals surface area contributed by atoms with Gasteiger partial charge in [-0.3, -0.25) is 0 Å². The van der Waals surface area contributed by atoms with Crippen LogP contribution >= 0.6 is 0 Å². The highest BCUT2D eigenvalue weighted by Gasteiger charge is 2.51. The van der Waals surface area contributed by atoms with Gasteiger partial charge in [-0.05, 0) is 84.8 Å². The van der Waals surface area contributed by atoms with Crippen molar-refractivity contribution in [2.24, 2.45) is 0 Å². The van der Waals surface area contributed by atoms with E-state index in [9.17, 15) is 0 Å². The van der Waals surface area contributed by atoms with E-state index >= 15 is 0 Å². The minimum atomic E-state index is -0.485. The molecule has 0 bridgehead atoms. The van der Waals surface area contributed by atoms with Crippen molar-refractivity contribution in [1.82, 2.24) is 0 Å². The third-order valence-electron chi connectivity index (χ3n) is 8.00. The van der Waals surface area contributed by atoms with Crippen molar-refractivity contribution in [2.75, 3.05) is 0 Å². The normalized spacial score (nSPS) is 20.8. The van der Waals surface area contributed by atoms with Gasteiger partial charge >= 0.3 is 14.2 Å². The van der Waals surface area contributed by atoms with E-state index in [1.807, 2.05) is 13.8 Å². The Hall–Kier alpha value is -2.79. The zero-order valence-electron chi connectivity index (χ0n) is 21.3. The summed E-state index contributed by atoms with van der Waals surface area (Å²) in [7, 11) is -0.793. The zero-order valence-corrected chi connectivity index (χ0v) is 21.3. The van der Waals surface area contributed by atoms with Crippen molar-refractivity contribution in [1.29, 1.82) is 0 Å². The molecule has 0 atom stereocenters. The van der Waals surface area contributed by atoms with Crippen LogP contribution in [0.4, 0.5) is 0 Å². The van der Waals surface area contributed by atoms with E-state index in [4.69, 9.17) is 18.6 Å². The first-order valence-electron chi connectivity index (χ1n) is 12.2. The van der Waals surface area contributed by atoms with Crippen LogP contribution in [-0.2, 0) is 18.6 Å². The molecule has 0 aromatic heterocycles. The summed E-state index contributed by atoms with van der Waals surface area (Å²) in [6.07, 6.45) is 0. The summed E-state index contributed by atoms with van der Waals surface area (Å²) in [6.45, 7) is 16.3. The molecule has 2 saturated heterocycles. The van der Waals surface area contributed by atoms with E-state index < -0.39 is 12.7 Å². The first kappa shape index (κ1) is 22.7. The molecular weight excluding hydrogens is 434 g/mol. The fraction of sp³-hybridized carbons (Fsp3) is 0.310. The van der Waals surface area contributed by atoms with Gasteiger partial charge in [0.05, 0.1) is 17.0 Å². The highest BCUT2D eigenvalue weighted by molar-refractivity contribution is 6.63. The highest BCUT2D eigenvalue weighted by Crippen LogP contribution is 2.37. The van der Waals surface area contributed by atoms with Crippen molar-refractivity contribution in [3.05, 3.63) is 73.0 Å². The SMILES string of the molecule is C=C1OB(c2ccc3c(ccc4c5ccc(B6OC(C)(C)C(C)(C)O6)cc5ccc34)c2)OC1(C)C. The lowest BCUT2D eigenvalue weighted by Crippen LogP contribution is -2.41. The fourth-order valence-corrected chi connectivity index (χ4v) is 4.96. The average Bonchev–Trinajstić information content (AvgIpc) is 3.21. The number of hydrogen-bond acceptors (Lipinski definition) is 4. The number of hydrogen-bond donors (Lipinski definition) is 0. The Kier molecular flexibility index (Phi) is 4.76. The molecule has 0 N–H and O–H groups in total. The monoisotopic (exact) mass is 464 g/mol. The topological polar surface area (TPSA) is 36.9 Å². The van der Waals surface area contributed by atoms with Crippen LogP contribution in [0, 0.1) is 0 Å². The van der Waals surface area contributed by atoms with Crippen molar-refractivity contribution < 1.29 is 18.6 Å². The molecule has 0 spiro atoms. The van der Waals surface area contributed by atoms with Gasteiger partial charge in [0.2, 0.25) is 0 Å². The molecule has 4 nitrogen and oxygen atoms in total. The van der Waals surface area contributed by atoms with Crippen LogP contribution in [0.15, 0.2) is 73.0 Å². The van der Waals surface area contributed by atoms with Crippen LogP contribution < -0.4 is 10.9 Å². The minimum Gasteiger partial charge on any atom is -0.534 e. The molecule has 0 radical (unpaired) electrons. The minimum absolute atomic E-state index is 0.356. The summed E-state index contributed by atoms with van der Waals surface area (Å²) in [5.74, 6) is 0.660. The smallest absolute Gasteiger partial charge is 0.534 e. The van der Waals surface area contributed by atoms with Gasteiger partial charge in [-0.2, -0.15) is 0 Å². The quantitative estimate of drug-likeness (QED) is 0.291. The van der Waals surface area contributed by atoms with Gasteiger partial charge < -0.3 is 18.6 Å². The predicted molar refractivity (Wildman–Crippen MR) is 145 cm³/mol. The Morgan fingerprint density at radius 3 is 1.49 bits per heavy atom. The average molecular weight is 464 g/mol. The van der Waals surface area contributed by atoms with Crippen molar-refractivity contribution in [3.63, 3.8) is 0 Å². The van der Waals surface area contributed by atoms with Gasteiger partial charge in [0.15, 0.2) is 0 Å². The van der Waals surface area contributed by atoms with Crippen LogP contribution in [0.3, 0.4) is 0 Å². The first-order valence-corrected chi connectivity index (χ1v) is 12.2. The Labute approximate surface area is 207 Å². The second-order valence-corrected chi connectivity index (χ2v) is 11.3. The maximum atomic E-state index is 6.27. The van der Waals surface area contributed by atoms with Gasteiger partial charge in [0, 0.05) is 0 Å². The molecule has 2 aliphatic rings. The molecule has 2 heterocycles. The lowest BCUT2D eigenvalue weighted by molar-refractivity contribution is 0.00578. The van der Waals surface area contributed by atoms with Crippen molar-refractivity contribution in [3.8, 4) is 0 Å². The standard InChI is InChI=1S/C29H30B2O4/c1-18-27(2,3)33-30(32-18)21-10-14-23-19(16-21)8-12-26-24-15-11-22(17-20(24)9-13-25(23)26)31-34-28(4,5)29(6,7)35-31/h8-17H,1H2,2-7H3. The molecule has 2 aliphatic heterocycles. The Morgan fingerprint density at radius 1 is 0.571 bits per heavy atom. The van der Waals surface area contributed by atoms with Crippen LogP contribution in [0.2, 0.25) is 0 Å². The van der Waals surface area contributed by atoms with Gasteiger partial charge in [-0.1, -0.05) is 67.2 Å². The molecule has 0 amide bonds. The second-order valence-electron chi connectivity index (χ2n) is 11.3. The maximum absolute atomic E-state index is 6.27. The molecule has 4 aromatic rings. The summed E-state index contributed by atoms with van der Waals surface area (Å²) in [4.78, 5) is 0. The van der Waals surface area contributed by atoms with E-state index in [0.717, 1.165) is 16.3 Å². The molecule has 6 heteroatoms. The molecule has 35 heavy (non-hydrogen) atoms. The van der Waals surface area contributed by atoms with Crippen LogP contribution in [0.1, 0.15) is 41.5 Å². The van der Waals surface area contributed by atoms with Gasteiger partial charge in [-0.25, -0.2) is 0 Å². The third-order valence-corrected chi connectivity index (χ3v) is 8.00. The molecule has 4 aromatic carbocycles. The van der Waals surface area contributed by atoms with Gasteiger partial charge in [0.25, 0.3) is 0 Å². The predicted octanol–water partition coefficient (Wildman–Crippen LogP) is 5.48. The van der Waals surface area contributed by atoms with Crippen molar-refractivity contribution in [2.45, 2.75) is 58.3 Å². The highest BCUT2D eigenvalue weighted by atomic mass is 16.7. The fourth-order valence-electron chi connectivity index (χ4n) is 4.96. The van der Waals surface area contributed by atoms with Crippen LogP contribution in [0.25, 0.3) is 32.3 Å². The van der Waals surface area contributed by atoms with E-state index in [1.54, 1.807) is 0 Å². The first-order chi connectivity index (χ1) is 16.5. The lowest BCUT2D eigenvalue weighted by Gasteiger charge is -2.32. The zero-order chi connectivity index (χ0) is 24.8. The molecule has 0 saturated carbocycles. The Morgan fingerprint density at radius 2 is 1.03 bits per heavy atom. The molecule has 176 valence electrons. The lowest BCUT2D eigenvalue weighted by atomic mass is 9.77. The molecule has 0 aliphatic carbocycles. The third kappa shape index (κ3) is 3.50.